The van der Waals surface area contributed by atoms with Gasteiger partial charge >= 0.3 is 11.8 Å². The quantitative estimate of drug-likeness (QED) is 0.612. The SMILES string of the molecule is CCOC(=O)C[n+]1cccc(OC(C)C)c1N. The fourth-order valence-corrected chi connectivity index (χ4v) is 1.38. The Morgan fingerprint density at radius 2 is 2.24 bits per heavy atom. The molecule has 2 N–H and O–H groups in total. The number of pyridine rings is 1. The van der Waals surface area contributed by atoms with Gasteiger partial charge in [-0.25, -0.2) is 9.36 Å². The summed E-state index contributed by atoms with van der Waals surface area (Å²) in [6.07, 6.45) is 1.76. The van der Waals surface area contributed by atoms with Gasteiger partial charge in [0, 0.05) is 0 Å². The topological polar surface area (TPSA) is 65.4 Å². The molecule has 0 radical (unpaired) electrons. The molecule has 0 aliphatic rings. The minimum Gasteiger partial charge on any atom is -0.483 e. The highest BCUT2D eigenvalue weighted by Crippen LogP contribution is 2.17. The van der Waals surface area contributed by atoms with Crippen LogP contribution in [-0.4, -0.2) is 18.7 Å². The molecule has 0 aliphatic carbocycles. The van der Waals surface area contributed by atoms with E-state index in [2.05, 4.69) is 0 Å². The van der Waals surface area contributed by atoms with Crippen LogP contribution in [0, 0.1) is 0 Å². The fraction of sp³-hybridized carbons (Fsp3) is 0.500. The van der Waals surface area contributed by atoms with Crippen molar-refractivity contribution in [3.8, 4) is 5.75 Å². The van der Waals surface area contributed by atoms with Crippen molar-refractivity contribution in [1.82, 2.24) is 0 Å². The lowest BCUT2D eigenvalue weighted by molar-refractivity contribution is -0.671. The Morgan fingerprint density at radius 3 is 2.82 bits per heavy atom. The number of esters is 1. The summed E-state index contributed by atoms with van der Waals surface area (Å²) in [7, 11) is 0. The van der Waals surface area contributed by atoms with Crippen LogP contribution in [0.4, 0.5) is 5.82 Å². The summed E-state index contributed by atoms with van der Waals surface area (Å²) in [5.41, 5.74) is 5.91. The number of nitrogens with two attached hydrogens (primary N) is 1. The summed E-state index contributed by atoms with van der Waals surface area (Å²) in [5, 5.41) is 0. The molecule has 0 atom stereocenters. The molecule has 1 aromatic heterocycles. The Morgan fingerprint density at radius 1 is 1.53 bits per heavy atom. The van der Waals surface area contributed by atoms with Gasteiger partial charge in [0.25, 0.3) is 0 Å². The normalized spacial score (nSPS) is 10.4. The molecule has 0 unspecified atom stereocenters. The average Bonchev–Trinajstić information content (AvgIpc) is 2.23. The van der Waals surface area contributed by atoms with E-state index in [1.54, 1.807) is 29.8 Å². The molecule has 0 aliphatic heterocycles. The predicted molar refractivity (Wildman–Crippen MR) is 63.4 cm³/mol. The molecule has 1 rings (SSSR count). The molecule has 0 bridgehead atoms. The monoisotopic (exact) mass is 239 g/mol. The number of rotatable bonds is 5. The molecule has 5 heteroatoms. The molecule has 17 heavy (non-hydrogen) atoms. The van der Waals surface area contributed by atoms with E-state index in [9.17, 15) is 4.79 Å². The van der Waals surface area contributed by atoms with Gasteiger partial charge in [-0.1, -0.05) is 0 Å². The van der Waals surface area contributed by atoms with Crippen LogP contribution < -0.4 is 15.0 Å². The second-order valence-corrected chi connectivity index (χ2v) is 3.86. The lowest BCUT2D eigenvalue weighted by Gasteiger charge is -2.11. The molecular weight excluding hydrogens is 220 g/mol. The zero-order valence-corrected chi connectivity index (χ0v) is 10.5. The van der Waals surface area contributed by atoms with E-state index < -0.39 is 0 Å². The van der Waals surface area contributed by atoms with Crippen molar-refractivity contribution >= 4 is 11.8 Å². The summed E-state index contributed by atoms with van der Waals surface area (Å²) in [6.45, 7) is 6.06. The van der Waals surface area contributed by atoms with Crippen LogP contribution >= 0.6 is 0 Å². The third-order valence-electron chi connectivity index (χ3n) is 2.04. The predicted octanol–water partition coefficient (Wildman–Crippen LogP) is 0.907. The molecule has 0 saturated carbocycles. The molecule has 0 fully saturated rings. The van der Waals surface area contributed by atoms with Crippen molar-refractivity contribution in [2.24, 2.45) is 0 Å². The van der Waals surface area contributed by atoms with Crippen molar-refractivity contribution in [2.45, 2.75) is 33.4 Å². The maximum absolute atomic E-state index is 11.4. The highest BCUT2D eigenvalue weighted by Gasteiger charge is 2.16. The standard InChI is InChI=1S/C12H18N2O3/c1-4-16-11(15)8-14-7-5-6-10(12(14)13)17-9(2)3/h5-7,9,13H,4,8H2,1-3H3/p+1. The van der Waals surface area contributed by atoms with Crippen LogP contribution in [0.5, 0.6) is 5.75 Å². The smallest absolute Gasteiger partial charge is 0.348 e. The summed E-state index contributed by atoms with van der Waals surface area (Å²) in [5.74, 6) is 0.687. The summed E-state index contributed by atoms with van der Waals surface area (Å²) in [4.78, 5) is 11.4. The Balaban J connectivity index is 2.82. The molecule has 0 saturated heterocycles. The van der Waals surface area contributed by atoms with Crippen LogP contribution in [0.3, 0.4) is 0 Å². The number of ether oxygens (including phenoxy) is 2. The fourth-order valence-electron chi connectivity index (χ4n) is 1.38. The van der Waals surface area contributed by atoms with Gasteiger partial charge in [-0.2, -0.15) is 0 Å². The van der Waals surface area contributed by atoms with Gasteiger partial charge in [-0.15, -0.1) is 0 Å². The number of carbonyl (C=O) groups is 1. The number of hydrogen-bond acceptors (Lipinski definition) is 4. The van der Waals surface area contributed by atoms with E-state index >= 15 is 0 Å². The third-order valence-corrected chi connectivity index (χ3v) is 2.04. The second-order valence-electron chi connectivity index (χ2n) is 3.86. The molecule has 1 heterocycles. The molecule has 0 amide bonds. The number of carbonyl (C=O) groups excluding carboxylic acids is 1. The lowest BCUT2D eigenvalue weighted by atomic mass is 10.4. The Labute approximate surface area is 101 Å². The zero-order valence-electron chi connectivity index (χ0n) is 10.5. The van der Waals surface area contributed by atoms with Crippen LogP contribution in [0.15, 0.2) is 18.3 Å². The minimum atomic E-state index is -0.314. The van der Waals surface area contributed by atoms with Gasteiger partial charge in [0.15, 0.2) is 6.54 Å². The first-order valence-electron chi connectivity index (χ1n) is 5.64. The first-order chi connectivity index (χ1) is 8.04. The number of hydrogen-bond donors (Lipinski definition) is 1. The van der Waals surface area contributed by atoms with Gasteiger partial charge in [0.2, 0.25) is 5.75 Å². The Hall–Kier alpha value is -1.78. The first-order valence-corrected chi connectivity index (χ1v) is 5.64. The van der Waals surface area contributed by atoms with Crippen LogP contribution in [0.2, 0.25) is 0 Å². The highest BCUT2D eigenvalue weighted by atomic mass is 16.5. The van der Waals surface area contributed by atoms with Crippen LogP contribution in [-0.2, 0) is 16.1 Å². The molecular formula is C12H19N2O3+. The third kappa shape index (κ3) is 3.94. The van der Waals surface area contributed by atoms with Gasteiger partial charge in [0.05, 0.1) is 18.9 Å². The van der Waals surface area contributed by atoms with E-state index in [-0.39, 0.29) is 18.6 Å². The molecule has 5 nitrogen and oxygen atoms in total. The van der Waals surface area contributed by atoms with Gasteiger partial charge in [-0.3, -0.25) is 5.73 Å². The van der Waals surface area contributed by atoms with Crippen LogP contribution in [0.25, 0.3) is 0 Å². The first kappa shape index (κ1) is 13.3. The van der Waals surface area contributed by atoms with Crippen molar-refractivity contribution < 1.29 is 18.8 Å². The van der Waals surface area contributed by atoms with E-state index in [1.807, 2.05) is 13.8 Å². The van der Waals surface area contributed by atoms with Gasteiger partial charge < -0.3 is 9.47 Å². The molecule has 1 aromatic rings. The van der Waals surface area contributed by atoms with Crippen molar-refractivity contribution in [3.63, 3.8) is 0 Å². The Bertz CT molecular complexity index is 391. The summed E-state index contributed by atoms with van der Waals surface area (Å²) >= 11 is 0. The maximum Gasteiger partial charge on any atom is 0.348 e. The van der Waals surface area contributed by atoms with Crippen molar-refractivity contribution in [1.29, 1.82) is 0 Å². The Kier molecular flexibility index (Phi) is 4.75. The minimum absolute atomic E-state index is 0.0377. The molecule has 0 spiro atoms. The second kappa shape index (κ2) is 6.08. The number of anilines is 1. The number of aromatic nitrogens is 1. The highest BCUT2D eigenvalue weighted by molar-refractivity contribution is 5.67. The summed E-state index contributed by atoms with van der Waals surface area (Å²) < 4.78 is 12.0. The molecule has 0 aromatic carbocycles. The maximum atomic E-state index is 11.4. The van der Waals surface area contributed by atoms with E-state index in [0.29, 0.717) is 18.2 Å². The van der Waals surface area contributed by atoms with Gasteiger partial charge in [0.1, 0.15) is 0 Å². The van der Waals surface area contributed by atoms with Gasteiger partial charge in [-0.05, 0) is 32.9 Å². The van der Waals surface area contributed by atoms with E-state index in [0.717, 1.165) is 0 Å². The van der Waals surface area contributed by atoms with Crippen molar-refractivity contribution in [3.05, 3.63) is 18.3 Å². The zero-order chi connectivity index (χ0) is 12.8. The number of nitrogens with zero attached hydrogens (tertiary/aromatic N) is 1. The van der Waals surface area contributed by atoms with Crippen LogP contribution in [0.1, 0.15) is 20.8 Å². The van der Waals surface area contributed by atoms with E-state index in [1.165, 1.54) is 0 Å². The largest absolute Gasteiger partial charge is 0.483 e. The number of nitrogen functional groups attached to an aromatic ring is 1. The van der Waals surface area contributed by atoms with E-state index in [4.69, 9.17) is 15.2 Å². The molecule has 94 valence electrons. The summed E-state index contributed by atoms with van der Waals surface area (Å²) in [6, 6.07) is 3.56. The average molecular weight is 239 g/mol. The lowest BCUT2D eigenvalue weighted by Crippen LogP contribution is -2.41. The van der Waals surface area contributed by atoms with Crippen molar-refractivity contribution in [2.75, 3.05) is 12.3 Å².